The van der Waals surface area contributed by atoms with E-state index in [4.69, 9.17) is 0 Å². The topological polar surface area (TPSA) is 81.5 Å². The quantitative estimate of drug-likeness (QED) is 0.521. The molecule has 0 aliphatic heterocycles. The molecule has 0 saturated carbocycles. The molecule has 0 radical (unpaired) electrons. The zero-order valence-corrected chi connectivity index (χ0v) is 9.87. The van der Waals surface area contributed by atoms with Gasteiger partial charge in [-0.2, -0.15) is 13.2 Å². The van der Waals surface area contributed by atoms with Gasteiger partial charge in [-0.05, 0) is 6.07 Å². The molecule has 0 spiro atoms. The fourth-order valence-corrected chi connectivity index (χ4v) is 1.45. The first-order chi connectivity index (χ1) is 8.72. The molecule has 1 N–H and O–H groups in total. The molecule has 0 amide bonds. The van der Waals surface area contributed by atoms with Gasteiger partial charge in [0.15, 0.2) is 0 Å². The Morgan fingerprint density at radius 1 is 1.42 bits per heavy atom. The number of nitro groups is 1. The number of ether oxygens (including phenoxy) is 1. The number of nitro benzene ring substituents is 1. The monoisotopic (exact) mass is 278 g/mol. The minimum Gasteiger partial charge on any atom is -0.465 e. The minimum atomic E-state index is -4.83. The molecule has 0 fully saturated rings. The fraction of sp³-hybridized carbons (Fsp3) is 0.300. The van der Waals surface area contributed by atoms with Crippen molar-refractivity contribution in [2.45, 2.75) is 6.18 Å². The lowest BCUT2D eigenvalue weighted by atomic mass is 10.0. The number of benzene rings is 1. The molecule has 0 saturated heterocycles. The van der Waals surface area contributed by atoms with Gasteiger partial charge in [0.1, 0.15) is 5.69 Å². The van der Waals surface area contributed by atoms with Gasteiger partial charge in [0.05, 0.1) is 23.2 Å². The van der Waals surface area contributed by atoms with Crippen LogP contribution in [0.4, 0.5) is 24.5 Å². The minimum absolute atomic E-state index is 0.343. The van der Waals surface area contributed by atoms with Gasteiger partial charge in [-0.1, -0.05) is 0 Å². The summed E-state index contributed by atoms with van der Waals surface area (Å²) in [4.78, 5) is 21.1. The van der Waals surface area contributed by atoms with Gasteiger partial charge in [0, 0.05) is 13.1 Å². The van der Waals surface area contributed by atoms with E-state index in [9.17, 15) is 28.1 Å². The highest BCUT2D eigenvalue weighted by atomic mass is 19.4. The number of hydrogen-bond acceptors (Lipinski definition) is 5. The first-order valence-corrected chi connectivity index (χ1v) is 4.88. The smallest absolute Gasteiger partial charge is 0.417 e. The normalized spacial score (nSPS) is 11.0. The maximum atomic E-state index is 12.8. The standard InChI is InChI=1S/C10H9F3N2O4/c1-14-7-4-6(10(11,12)13)5(9(16)19-2)3-8(7)15(17)18/h3-4,14H,1-2H3. The molecule has 0 aromatic heterocycles. The number of alkyl halides is 3. The third-order valence-electron chi connectivity index (χ3n) is 2.31. The van der Waals surface area contributed by atoms with Gasteiger partial charge in [-0.25, -0.2) is 4.79 Å². The van der Waals surface area contributed by atoms with Crippen LogP contribution in [0, 0.1) is 10.1 Å². The summed E-state index contributed by atoms with van der Waals surface area (Å²) in [6.07, 6.45) is -4.83. The van der Waals surface area contributed by atoms with E-state index in [1.807, 2.05) is 0 Å². The van der Waals surface area contributed by atoms with E-state index in [1.54, 1.807) is 0 Å². The molecule has 6 nitrogen and oxygen atoms in total. The first kappa shape index (κ1) is 14.7. The Balaban J connectivity index is 3.62. The Kier molecular flexibility index (Phi) is 3.98. The summed E-state index contributed by atoms with van der Waals surface area (Å²) < 4.78 is 42.6. The number of nitrogens with zero attached hydrogens (tertiary/aromatic N) is 1. The van der Waals surface area contributed by atoms with E-state index in [2.05, 4.69) is 10.1 Å². The van der Waals surface area contributed by atoms with E-state index in [-0.39, 0.29) is 5.69 Å². The molecule has 104 valence electrons. The van der Waals surface area contributed by atoms with E-state index in [0.29, 0.717) is 12.1 Å². The van der Waals surface area contributed by atoms with Crippen molar-refractivity contribution in [3.05, 3.63) is 33.4 Å². The molecule has 1 aromatic rings. The summed E-state index contributed by atoms with van der Waals surface area (Å²) in [6.45, 7) is 0. The van der Waals surface area contributed by atoms with Crippen molar-refractivity contribution >= 4 is 17.3 Å². The SMILES string of the molecule is CNc1cc(C(F)(F)F)c(C(=O)OC)cc1[N+](=O)[O-]. The molecule has 0 unspecified atom stereocenters. The maximum Gasteiger partial charge on any atom is 0.417 e. The summed E-state index contributed by atoms with van der Waals surface area (Å²) in [5.41, 5.74) is -3.18. The van der Waals surface area contributed by atoms with Crippen LogP contribution in [0.25, 0.3) is 0 Å². The highest BCUT2D eigenvalue weighted by molar-refractivity contribution is 5.93. The summed E-state index contributed by atoms with van der Waals surface area (Å²) in [5.74, 6) is -1.29. The number of anilines is 1. The molecule has 1 aromatic carbocycles. The van der Waals surface area contributed by atoms with Gasteiger partial charge in [-0.3, -0.25) is 10.1 Å². The molecule has 0 atom stereocenters. The van der Waals surface area contributed by atoms with Crippen LogP contribution in [-0.2, 0) is 10.9 Å². The zero-order chi connectivity index (χ0) is 14.8. The molecule has 0 aliphatic carbocycles. The van der Waals surface area contributed by atoms with Crippen molar-refractivity contribution in [2.24, 2.45) is 0 Å². The highest BCUT2D eigenvalue weighted by Crippen LogP contribution is 2.38. The van der Waals surface area contributed by atoms with Gasteiger partial charge in [-0.15, -0.1) is 0 Å². The summed E-state index contributed by atoms with van der Waals surface area (Å²) in [5, 5.41) is 13.0. The molecule has 19 heavy (non-hydrogen) atoms. The third-order valence-corrected chi connectivity index (χ3v) is 2.31. The second-order valence-electron chi connectivity index (χ2n) is 3.41. The van der Waals surface area contributed by atoms with Crippen LogP contribution in [0.5, 0.6) is 0 Å². The van der Waals surface area contributed by atoms with Crippen molar-refractivity contribution < 1.29 is 27.6 Å². The Morgan fingerprint density at radius 2 is 2.00 bits per heavy atom. The van der Waals surface area contributed by atoms with Crippen molar-refractivity contribution in [3.63, 3.8) is 0 Å². The van der Waals surface area contributed by atoms with Gasteiger partial charge < -0.3 is 10.1 Å². The molecule has 9 heteroatoms. The molecular formula is C10H9F3N2O4. The second-order valence-corrected chi connectivity index (χ2v) is 3.41. The highest BCUT2D eigenvalue weighted by Gasteiger charge is 2.38. The zero-order valence-electron chi connectivity index (χ0n) is 9.87. The predicted octanol–water partition coefficient (Wildman–Crippen LogP) is 2.44. The average Bonchev–Trinajstić information content (AvgIpc) is 2.34. The van der Waals surface area contributed by atoms with E-state index in [1.165, 1.54) is 7.05 Å². The van der Waals surface area contributed by atoms with Gasteiger partial charge >= 0.3 is 12.1 Å². The third kappa shape index (κ3) is 2.92. The van der Waals surface area contributed by atoms with Crippen LogP contribution in [0.1, 0.15) is 15.9 Å². The van der Waals surface area contributed by atoms with Gasteiger partial charge in [0.2, 0.25) is 0 Å². The Morgan fingerprint density at radius 3 is 2.37 bits per heavy atom. The van der Waals surface area contributed by atoms with Crippen LogP contribution in [0.2, 0.25) is 0 Å². The number of carbonyl (C=O) groups excluding carboxylic acids is 1. The van der Waals surface area contributed by atoms with Crippen LogP contribution < -0.4 is 5.32 Å². The summed E-state index contributed by atoms with van der Waals surface area (Å²) in [7, 11) is 2.13. The van der Waals surface area contributed by atoms with Crippen molar-refractivity contribution in [1.82, 2.24) is 0 Å². The predicted molar refractivity (Wildman–Crippen MR) is 59.0 cm³/mol. The van der Waals surface area contributed by atoms with Gasteiger partial charge in [0.25, 0.3) is 5.69 Å². The molecular weight excluding hydrogens is 269 g/mol. The number of halogens is 3. The number of hydrogen-bond donors (Lipinski definition) is 1. The molecule has 0 bridgehead atoms. The Hall–Kier alpha value is -2.32. The summed E-state index contributed by atoms with van der Waals surface area (Å²) in [6, 6.07) is 1.05. The lowest BCUT2D eigenvalue weighted by Crippen LogP contribution is -2.15. The molecule has 0 heterocycles. The van der Waals surface area contributed by atoms with E-state index < -0.39 is 33.9 Å². The number of nitrogens with one attached hydrogen (secondary N) is 1. The summed E-state index contributed by atoms with van der Waals surface area (Å²) >= 11 is 0. The van der Waals surface area contributed by atoms with Crippen LogP contribution >= 0.6 is 0 Å². The Labute approximate surface area is 105 Å². The van der Waals surface area contributed by atoms with E-state index >= 15 is 0 Å². The number of esters is 1. The van der Waals surface area contributed by atoms with Crippen LogP contribution in [0.3, 0.4) is 0 Å². The number of methoxy groups -OCH3 is 1. The maximum absolute atomic E-state index is 12.8. The number of carbonyl (C=O) groups is 1. The Bertz CT molecular complexity index is 528. The average molecular weight is 278 g/mol. The number of rotatable bonds is 3. The van der Waals surface area contributed by atoms with Crippen molar-refractivity contribution in [1.29, 1.82) is 0 Å². The van der Waals surface area contributed by atoms with Crippen LogP contribution in [-0.4, -0.2) is 25.1 Å². The van der Waals surface area contributed by atoms with Crippen LogP contribution in [0.15, 0.2) is 12.1 Å². The van der Waals surface area contributed by atoms with E-state index in [0.717, 1.165) is 7.11 Å². The fourth-order valence-electron chi connectivity index (χ4n) is 1.45. The lowest BCUT2D eigenvalue weighted by Gasteiger charge is -2.13. The molecule has 1 rings (SSSR count). The largest absolute Gasteiger partial charge is 0.465 e. The lowest BCUT2D eigenvalue weighted by molar-refractivity contribution is -0.384. The van der Waals surface area contributed by atoms with Crippen molar-refractivity contribution in [3.8, 4) is 0 Å². The second kappa shape index (κ2) is 5.12. The first-order valence-electron chi connectivity index (χ1n) is 4.88. The molecule has 0 aliphatic rings. The van der Waals surface area contributed by atoms with Crippen molar-refractivity contribution in [2.75, 3.05) is 19.5 Å².